The average Bonchev–Trinajstić information content (AvgIpc) is 2.98. The molecule has 16 nitrogen and oxygen atoms in total. The van der Waals surface area contributed by atoms with Crippen molar-refractivity contribution in [2.75, 3.05) is 35.7 Å². The number of benzene rings is 2. The highest BCUT2D eigenvalue weighted by atomic mass is 16.4. The summed E-state index contributed by atoms with van der Waals surface area (Å²) in [6.07, 6.45) is 1.76. The van der Waals surface area contributed by atoms with Crippen molar-refractivity contribution in [3.05, 3.63) is 71.0 Å². The zero-order valence-electron chi connectivity index (χ0n) is 23.5. The number of hydrogen-bond acceptors (Lipinski definition) is 12. The van der Waals surface area contributed by atoms with Crippen LogP contribution in [0.25, 0.3) is 11.2 Å². The summed E-state index contributed by atoms with van der Waals surface area (Å²) >= 11 is 0. The van der Waals surface area contributed by atoms with Gasteiger partial charge in [-0.05, 0) is 55.3 Å². The Balaban J connectivity index is 1.31. The Hall–Kier alpha value is -6.06. The minimum Gasteiger partial charge on any atom is -0.480 e. The molecule has 2 aromatic heterocycles. The van der Waals surface area contributed by atoms with Gasteiger partial charge in [0.25, 0.3) is 11.8 Å². The summed E-state index contributed by atoms with van der Waals surface area (Å²) in [6.45, 7) is 0.397. The molecule has 0 saturated carbocycles. The Labute approximate surface area is 250 Å². The van der Waals surface area contributed by atoms with Crippen molar-refractivity contribution < 1.29 is 29.4 Å². The number of amides is 2. The van der Waals surface area contributed by atoms with E-state index >= 15 is 0 Å². The molecule has 0 fully saturated rings. The fourth-order valence-electron chi connectivity index (χ4n) is 4.30. The molecule has 2 heterocycles. The molecule has 4 aromatic rings. The quantitative estimate of drug-likeness (QED) is 0.0877. The molecular weight excluding hydrogens is 572 g/mol. The van der Waals surface area contributed by atoms with Gasteiger partial charge in [-0.3, -0.25) is 9.59 Å². The largest absolute Gasteiger partial charge is 0.480 e. The van der Waals surface area contributed by atoms with Gasteiger partial charge in [0, 0.05) is 30.5 Å². The fourth-order valence-corrected chi connectivity index (χ4v) is 4.30. The smallest absolute Gasteiger partial charge is 0.336 e. The Kier molecular flexibility index (Phi) is 9.32. The van der Waals surface area contributed by atoms with Crippen LogP contribution in [0.15, 0.2) is 48.7 Å². The van der Waals surface area contributed by atoms with Crippen molar-refractivity contribution in [3.8, 4) is 0 Å². The number of nitrogens with one attached hydrogen (secondary N) is 2. The number of rotatable bonds is 12. The number of carboxylic acids is 2. The molecule has 1 atom stereocenters. The number of anilines is 4. The number of aliphatic carboxylic acids is 1. The minimum atomic E-state index is -1.28. The molecule has 10 N–H and O–H groups in total. The second-order valence-corrected chi connectivity index (χ2v) is 9.78. The topological polar surface area (TPSA) is 266 Å². The summed E-state index contributed by atoms with van der Waals surface area (Å²) < 4.78 is 0. The van der Waals surface area contributed by atoms with Crippen LogP contribution in [-0.4, -0.2) is 73.5 Å². The van der Waals surface area contributed by atoms with Gasteiger partial charge in [-0.25, -0.2) is 19.6 Å². The van der Waals surface area contributed by atoms with Crippen molar-refractivity contribution >= 4 is 58.1 Å². The Morgan fingerprint density at radius 2 is 1.66 bits per heavy atom. The highest BCUT2D eigenvalue weighted by Gasteiger charge is 2.21. The molecule has 0 aliphatic heterocycles. The SMILES string of the molecule is CN(Cc1cnc2nc(N)nc(N)c2n1)c1ccc(C(=O)N[C@@H](CCCNC(=O)c2cc(N)ccc2C(=O)O)C(=O)O)cc1. The number of nitrogen functional groups attached to an aromatic ring is 3. The summed E-state index contributed by atoms with van der Waals surface area (Å²) in [5.41, 5.74) is 19.3. The Morgan fingerprint density at radius 3 is 2.34 bits per heavy atom. The third-order valence-electron chi connectivity index (χ3n) is 6.55. The van der Waals surface area contributed by atoms with Crippen LogP contribution < -0.4 is 32.7 Å². The molecule has 0 spiro atoms. The van der Waals surface area contributed by atoms with Crippen molar-refractivity contribution in [1.82, 2.24) is 30.6 Å². The van der Waals surface area contributed by atoms with Gasteiger partial charge in [0.2, 0.25) is 5.95 Å². The van der Waals surface area contributed by atoms with E-state index in [9.17, 15) is 29.4 Å². The number of carboxylic acid groups (broad SMARTS) is 2. The van der Waals surface area contributed by atoms with E-state index in [0.717, 1.165) is 5.69 Å². The molecule has 4 rings (SSSR count). The number of carbonyl (C=O) groups is 4. The maximum atomic E-state index is 12.8. The van der Waals surface area contributed by atoms with E-state index in [4.69, 9.17) is 17.2 Å². The van der Waals surface area contributed by atoms with Gasteiger partial charge in [0.1, 0.15) is 6.04 Å². The first kappa shape index (κ1) is 30.9. The summed E-state index contributed by atoms with van der Waals surface area (Å²) in [5, 5.41) is 24.0. The standard InChI is InChI=1S/C28H30N10O6/c1-38(13-16-12-33-23-21(34-16)22(30)36-28(31)37-23)17-7-4-14(5-8-17)24(39)35-20(27(43)44)3-2-10-32-25(40)19-11-15(29)6-9-18(19)26(41)42/h4-9,11-12,20H,2-3,10,13,29H2,1H3,(H,32,40)(H,35,39)(H,41,42)(H,43,44)(H4,30,31,33,36,37)/t20-/m0/s1. The molecule has 16 heteroatoms. The van der Waals surface area contributed by atoms with Crippen LogP contribution in [0.5, 0.6) is 0 Å². The van der Waals surface area contributed by atoms with Gasteiger partial charge >= 0.3 is 11.9 Å². The van der Waals surface area contributed by atoms with Crippen LogP contribution >= 0.6 is 0 Å². The summed E-state index contributed by atoms with van der Waals surface area (Å²) in [4.78, 5) is 66.9. The molecule has 0 aliphatic rings. The second-order valence-electron chi connectivity index (χ2n) is 9.78. The summed E-state index contributed by atoms with van der Waals surface area (Å²) in [6, 6.07) is 9.17. The van der Waals surface area contributed by atoms with Crippen LogP contribution in [0.3, 0.4) is 0 Å². The highest BCUT2D eigenvalue weighted by Crippen LogP contribution is 2.19. The van der Waals surface area contributed by atoms with Crippen molar-refractivity contribution in [2.45, 2.75) is 25.4 Å². The molecule has 44 heavy (non-hydrogen) atoms. The molecule has 0 bridgehead atoms. The molecule has 0 unspecified atom stereocenters. The number of nitrogens with two attached hydrogens (primary N) is 3. The van der Waals surface area contributed by atoms with E-state index in [-0.39, 0.29) is 59.2 Å². The molecule has 0 saturated heterocycles. The molecular formula is C28H30N10O6. The Bertz CT molecular complexity index is 1730. The first-order chi connectivity index (χ1) is 20.9. The maximum Gasteiger partial charge on any atom is 0.336 e. The lowest BCUT2D eigenvalue weighted by molar-refractivity contribution is -0.139. The predicted molar refractivity (Wildman–Crippen MR) is 161 cm³/mol. The van der Waals surface area contributed by atoms with E-state index in [0.29, 0.717) is 17.8 Å². The highest BCUT2D eigenvalue weighted by molar-refractivity contribution is 6.05. The average molecular weight is 603 g/mol. The van der Waals surface area contributed by atoms with Crippen LogP contribution in [0.1, 0.15) is 49.6 Å². The zero-order valence-corrected chi connectivity index (χ0v) is 23.5. The number of aromatic nitrogens is 4. The molecule has 0 aliphatic carbocycles. The van der Waals surface area contributed by atoms with E-state index in [1.54, 1.807) is 30.5 Å². The zero-order chi connectivity index (χ0) is 32.0. The Morgan fingerprint density at radius 1 is 0.932 bits per heavy atom. The summed E-state index contributed by atoms with van der Waals surface area (Å²) in [5.74, 6) is -3.64. The normalized spacial score (nSPS) is 11.5. The van der Waals surface area contributed by atoms with Crippen LogP contribution in [0.2, 0.25) is 0 Å². The van der Waals surface area contributed by atoms with Gasteiger partial charge in [-0.15, -0.1) is 0 Å². The third-order valence-corrected chi connectivity index (χ3v) is 6.55. The lowest BCUT2D eigenvalue weighted by Gasteiger charge is -2.19. The van der Waals surface area contributed by atoms with E-state index in [1.807, 2.05) is 11.9 Å². The van der Waals surface area contributed by atoms with Crippen LogP contribution in [0.4, 0.5) is 23.1 Å². The number of fused-ring (bicyclic) bond motifs is 1. The lowest BCUT2D eigenvalue weighted by atomic mass is 10.1. The van der Waals surface area contributed by atoms with Crippen LogP contribution in [0, 0.1) is 0 Å². The summed E-state index contributed by atoms with van der Waals surface area (Å²) in [7, 11) is 1.82. The van der Waals surface area contributed by atoms with E-state index < -0.39 is 29.8 Å². The minimum absolute atomic E-state index is 0.00391. The van der Waals surface area contributed by atoms with Gasteiger partial charge < -0.3 is 42.9 Å². The first-order valence-corrected chi connectivity index (χ1v) is 13.2. The number of nitrogens with zero attached hydrogens (tertiary/aromatic N) is 5. The molecule has 2 aromatic carbocycles. The van der Waals surface area contributed by atoms with Crippen molar-refractivity contribution in [1.29, 1.82) is 0 Å². The van der Waals surface area contributed by atoms with Gasteiger partial charge in [-0.2, -0.15) is 9.97 Å². The van der Waals surface area contributed by atoms with Gasteiger partial charge in [-0.1, -0.05) is 0 Å². The first-order valence-electron chi connectivity index (χ1n) is 13.2. The number of carbonyl (C=O) groups excluding carboxylic acids is 2. The monoisotopic (exact) mass is 602 g/mol. The lowest BCUT2D eigenvalue weighted by Crippen LogP contribution is -2.41. The molecule has 2 amide bonds. The maximum absolute atomic E-state index is 12.8. The third kappa shape index (κ3) is 7.41. The van der Waals surface area contributed by atoms with E-state index in [2.05, 4.69) is 30.6 Å². The van der Waals surface area contributed by atoms with Crippen molar-refractivity contribution in [2.24, 2.45) is 0 Å². The molecule has 228 valence electrons. The second kappa shape index (κ2) is 13.3. The van der Waals surface area contributed by atoms with Crippen LogP contribution in [-0.2, 0) is 11.3 Å². The number of aromatic carboxylic acids is 1. The number of hydrogen-bond donors (Lipinski definition) is 7. The van der Waals surface area contributed by atoms with Gasteiger partial charge in [0.15, 0.2) is 17.0 Å². The fraction of sp³-hybridized carbons (Fsp3) is 0.214. The van der Waals surface area contributed by atoms with Gasteiger partial charge in [0.05, 0.1) is 29.6 Å². The van der Waals surface area contributed by atoms with E-state index in [1.165, 1.54) is 18.2 Å². The predicted octanol–water partition coefficient (Wildman–Crippen LogP) is 0.894. The molecule has 0 radical (unpaired) electrons. The van der Waals surface area contributed by atoms with Crippen molar-refractivity contribution in [3.63, 3.8) is 0 Å².